The average Bonchev–Trinajstić information content (AvgIpc) is 2.81. The normalized spacial score (nSPS) is 25.1. The summed E-state index contributed by atoms with van der Waals surface area (Å²) in [4.78, 5) is 5.34. The first-order chi connectivity index (χ1) is 15.1. The summed E-state index contributed by atoms with van der Waals surface area (Å²) in [5, 5.41) is 7.47. The first-order valence-electron chi connectivity index (χ1n) is 12.3. The molecule has 31 heavy (non-hydrogen) atoms. The molecule has 4 aliphatic rings. The van der Waals surface area contributed by atoms with E-state index >= 15 is 0 Å². The van der Waals surface area contributed by atoms with E-state index in [9.17, 15) is 8.42 Å². The number of nitrogens with zero attached hydrogens (tertiary/aromatic N) is 2. The summed E-state index contributed by atoms with van der Waals surface area (Å²) in [5.74, 6) is 1.08. The van der Waals surface area contributed by atoms with Gasteiger partial charge >= 0.3 is 0 Å². The summed E-state index contributed by atoms with van der Waals surface area (Å²) in [6, 6.07) is 6.31. The van der Waals surface area contributed by atoms with Gasteiger partial charge in [0.25, 0.3) is 0 Å². The van der Waals surface area contributed by atoms with Gasteiger partial charge in [-0.1, -0.05) is 25.3 Å². The van der Waals surface area contributed by atoms with Gasteiger partial charge in [0.1, 0.15) is 5.84 Å². The second-order valence-corrected chi connectivity index (χ2v) is 11.7. The molecule has 1 spiro atoms. The summed E-state index contributed by atoms with van der Waals surface area (Å²) < 4.78 is 28.5. The maximum atomic E-state index is 13.4. The van der Waals surface area contributed by atoms with E-state index in [-0.39, 0.29) is 5.54 Å². The van der Waals surface area contributed by atoms with Gasteiger partial charge in [-0.3, -0.25) is 4.99 Å². The molecule has 1 saturated carbocycles. The molecule has 2 N–H and O–H groups in total. The van der Waals surface area contributed by atoms with Crippen molar-refractivity contribution in [1.29, 1.82) is 0 Å². The van der Waals surface area contributed by atoms with Crippen molar-refractivity contribution in [2.75, 3.05) is 26.2 Å². The van der Waals surface area contributed by atoms with Crippen molar-refractivity contribution in [1.82, 2.24) is 14.9 Å². The van der Waals surface area contributed by atoms with Crippen LogP contribution in [0.2, 0.25) is 0 Å². The lowest BCUT2D eigenvalue weighted by molar-refractivity contribution is 0.238. The number of fused-ring (bicyclic) bond motifs is 1. The maximum absolute atomic E-state index is 13.4. The van der Waals surface area contributed by atoms with Crippen molar-refractivity contribution >= 4 is 15.9 Å². The Bertz CT molecular complexity index is 929. The van der Waals surface area contributed by atoms with E-state index in [4.69, 9.17) is 4.99 Å². The molecule has 2 heterocycles. The number of hydrogen-bond donors (Lipinski definition) is 2. The van der Waals surface area contributed by atoms with Gasteiger partial charge in [-0.05, 0) is 74.6 Å². The Hall–Kier alpha value is -1.44. The lowest BCUT2D eigenvalue weighted by atomic mass is 9.84. The van der Waals surface area contributed by atoms with Gasteiger partial charge in [-0.2, -0.15) is 4.31 Å². The van der Waals surface area contributed by atoms with Crippen molar-refractivity contribution in [2.45, 2.75) is 87.1 Å². The second kappa shape index (κ2) is 8.83. The average molecular weight is 445 g/mol. The Balaban J connectivity index is 1.29. The number of rotatable bonds is 3. The van der Waals surface area contributed by atoms with Crippen LogP contribution in [0.3, 0.4) is 0 Å². The van der Waals surface area contributed by atoms with Crippen LogP contribution in [0, 0.1) is 0 Å². The maximum Gasteiger partial charge on any atom is 0.243 e. The molecule has 1 aromatic rings. The van der Waals surface area contributed by atoms with Crippen LogP contribution in [-0.2, 0) is 22.9 Å². The first-order valence-corrected chi connectivity index (χ1v) is 13.7. The van der Waals surface area contributed by atoms with E-state index in [0.717, 1.165) is 51.0 Å². The molecule has 0 aromatic heterocycles. The van der Waals surface area contributed by atoms with Gasteiger partial charge in [-0.25, -0.2) is 8.42 Å². The Kier molecular flexibility index (Phi) is 6.10. The number of nitrogens with one attached hydrogen (secondary N) is 2. The molecule has 0 unspecified atom stereocenters. The smallest absolute Gasteiger partial charge is 0.243 e. The summed E-state index contributed by atoms with van der Waals surface area (Å²) in [7, 11) is -3.45. The molecule has 0 atom stereocenters. The molecule has 170 valence electrons. The third-order valence-electron chi connectivity index (χ3n) is 7.78. The van der Waals surface area contributed by atoms with E-state index in [1.165, 1.54) is 49.7 Å². The molecule has 1 saturated heterocycles. The highest BCUT2D eigenvalue weighted by Crippen LogP contribution is 2.31. The molecule has 2 fully saturated rings. The zero-order valence-corrected chi connectivity index (χ0v) is 19.4. The number of piperidine rings is 1. The number of amidine groups is 1. The van der Waals surface area contributed by atoms with Gasteiger partial charge in [-0.15, -0.1) is 0 Å². The molecule has 2 aliphatic heterocycles. The predicted molar refractivity (Wildman–Crippen MR) is 124 cm³/mol. The topological polar surface area (TPSA) is 73.8 Å². The molecule has 7 heteroatoms. The molecule has 0 radical (unpaired) electrons. The van der Waals surface area contributed by atoms with Crippen LogP contribution < -0.4 is 10.6 Å². The standard InChI is InChI=1S/C24H36N4O2S/c29-31(30,22-11-10-19-6-4-5-7-20(19)18-22)28-16-12-24(13-17-28)23(25-14-15-26-24)27-21-8-2-1-3-9-21/h10-11,18,21,26H,1-9,12-17H2,(H,25,27). The van der Waals surface area contributed by atoms with Crippen LogP contribution in [0.1, 0.15) is 68.9 Å². The minimum Gasteiger partial charge on any atom is -0.370 e. The molecule has 1 aromatic carbocycles. The van der Waals surface area contributed by atoms with Gasteiger partial charge in [0.05, 0.1) is 17.0 Å². The van der Waals surface area contributed by atoms with Gasteiger partial charge in [0, 0.05) is 25.7 Å². The van der Waals surface area contributed by atoms with E-state index in [1.54, 1.807) is 4.31 Å². The Morgan fingerprint density at radius 1 is 1.00 bits per heavy atom. The molecule has 0 bridgehead atoms. The van der Waals surface area contributed by atoms with Gasteiger partial charge < -0.3 is 10.6 Å². The molecule has 0 amide bonds. The molecular weight excluding hydrogens is 408 g/mol. The predicted octanol–water partition coefficient (Wildman–Crippen LogP) is 3.01. The van der Waals surface area contributed by atoms with E-state index in [1.807, 2.05) is 18.2 Å². The summed E-state index contributed by atoms with van der Waals surface area (Å²) >= 11 is 0. The summed E-state index contributed by atoms with van der Waals surface area (Å²) in [5.41, 5.74) is 2.35. The fourth-order valence-corrected chi connectivity index (χ4v) is 7.36. The highest BCUT2D eigenvalue weighted by molar-refractivity contribution is 7.89. The quantitative estimate of drug-likeness (QED) is 0.752. The van der Waals surface area contributed by atoms with Crippen molar-refractivity contribution in [2.24, 2.45) is 4.99 Å². The summed E-state index contributed by atoms with van der Waals surface area (Å²) in [6.45, 7) is 2.75. The molecule has 5 rings (SSSR count). The third-order valence-corrected chi connectivity index (χ3v) is 9.67. The Morgan fingerprint density at radius 2 is 1.74 bits per heavy atom. The van der Waals surface area contributed by atoms with Crippen molar-refractivity contribution < 1.29 is 8.42 Å². The number of aryl methyl sites for hydroxylation is 2. The SMILES string of the molecule is O=S(=O)(c1ccc2c(c1)CCCC2)N1CCC2(CC1)NCCN=C2NC1CCCCC1. The Labute approximate surface area is 186 Å². The number of sulfonamides is 1. The van der Waals surface area contributed by atoms with Crippen LogP contribution in [0.5, 0.6) is 0 Å². The lowest BCUT2D eigenvalue weighted by Crippen LogP contribution is -2.65. The van der Waals surface area contributed by atoms with Crippen molar-refractivity contribution in [3.63, 3.8) is 0 Å². The lowest BCUT2D eigenvalue weighted by Gasteiger charge is -2.45. The number of hydrogen-bond acceptors (Lipinski definition) is 5. The van der Waals surface area contributed by atoms with E-state index in [2.05, 4.69) is 10.6 Å². The van der Waals surface area contributed by atoms with Crippen molar-refractivity contribution in [3.05, 3.63) is 29.3 Å². The van der Waals surface area contributed by atoms with Crippen LogP contribution in [0.4, 0.5) is 0 Å². The van der Waals surface area contributed by atoms with E-state index < -0.39 is 10.0 Å². The van der Waals surface area contributed by atoms with Crippen molar-refractivity contribution in [3.8, 4) is 0 Å². The van der Waals surface area contributed by atoms with Crippen LogP contribution in [0.25, 0.3) is 0 Å². The minimum absolute atomic E-state index is 0.197. The first kappa shape index (κ1) is 21.4. The van der Waals surface area contributed by atoms with E-state index in [0.29, 0.717) is 24.0 Å². The zero-order chi connectivity index (χ0) is 21.3. The van der Waals surface area contributed by atoms with Crippen LogP contribution in [-0.4, -0.2) is 56.3 Å². The second-order valence-electron chi connectivity index (χ2n) is 9.76. The zero-order valence-electron chi connectivity index (χ0n) is 18.5. The highest BCUT2D eigenvalue weighted by Gasteiger charge is 2.43. The number of benzene rings is 1. The van der Waals surface area contributed by atoms with Crippen LogP contribution >= 0.6 is 0 Å². The summed E-state index contributed by atoms with van der Waals surface area (Å²) in [6.07, 6.45) is 12.3. The third kappa shape index (κ3) is 4.29. The molecule has 6 nitrogen and oxygen atoms in total. The fourth-order valence-electron chi connectivity index (χ4n) is 5.86. The number of aliphatic imine (C=N–C) groups is 1. The van der Waals surface area contributed by atoms with Gasteiger partial charge in [0.15, 0.2) is 0 Å². The highest BCUT2D eigenvalue weighted by atomic mass is 32.2. The minimum atomic E-state index is -3.45. The molecule has 2 aliphatic carbocycles. The monoisotopic (exact) mass is 444 g/mol. The largest absolute Gasteiger partial charge is 0.370 e. The fraction of sp³-hybridized carbons (Fsp3) is 0.708. The Morgan fingerprint density at radius 3 is 2.52 bits per heavy atom. The molecular formula is C24H36N4O2S. The van der Waals surface area contributed by atoms with Crippen LogP contribution in [0.15, 0.2) is 28.1 Å². The van der Waals surface area contributed by atoms with Gasteiger partial charge in [0.2, 0.25) is 10.0 Å².